The molecule has 2 saturated heterocycles. The topological polar surface area (TPSA) is 93.7 Å². The predicted molar refractivity (Wildman–Crippen MR) is 64.2 cm³/mol. The van der Waals surface area contributed by atoms with Crippen molar-refractivity contribution in [3.05, 3.63) is 0 Å². The first-order valence-electron chi connectivity index (χ1n) is 6.75. The molecule has 10 heteroatoms. The van der Waals surface area contributed by atoms with Crippen LogP contribution in [0.15, 0.2) is 0 Å². The maximum Gasteiger partial charge on any atom is 0.491 e. The molecule has 0 aromatic heterocycles. The molecule has 22 heavy (non-hydrogen) atoms. The third kappa shape index (κ3) is 3.55. The van der Waals surface area contributed by atoms with Crippen molar-refractivity contribution in [1.82, 2.24) is 10.6 Å². The number of carbonyl (C=O) groups excluding carboxylic acids is 3. The molecule has 0 spiro atoms. The van der Waals surface area contributed by atoms with Crippen LogP contribution in [0.2, 0.25) is 0 Å². The van der Waals surface area contributed by atoms with E-state index in [-0.39, 0.29) is 13.0 Å². The van der Waals surface area contributed by atoms with Gasteiger partial charge < -0.3 is 14.8 Å². The molecule has 2 amide bonds. The van der Waals surface area contributed by atoms with E-state index < -0.39 is 35.7 Å². The third-order valence-electron chi connectivity index (χ3n) is 3.46. The quantitative estimate of drug-likeness (QED) is 0.554. The second kappa shape index (κ2) is 6.21. The number of alkyl halides is 3. The summed E-state index contributed by atoms with van der Waals surface area (Å²) in [4.78, 5) is 34.9. The molecule has 1 unspecified atom stereocenters. The summed E-state index contributed by atoms with van der Waals surface area (Å²) in [7, 11) is 0. The van der Waals surface area contributed by atoms with Crippen LogP contribution >= 0.6 is 0 Å². The summed E-state index contributed by atoms with van der Waals surface area (Å²) in [6.45, 7) is 0.697. The van der Waals surface area contributed by atoms with E-state index in [2.05, 4.69) is 10.1 Å². The molecule has 2 rings (SSSR count). The van der Waals surface area contributed by atoms with E-state index in [1.54, 1.807) is 0 Å². The second-order valence-corrected chi connectivity index (χ2v) is 5.12. The summed E-state index contributed by atoms with van der Waals surface area (Å²) in [5, 5.41) is 4.78. The fourth-order valence-corrected chi connectivity index (χ4v) is 2.07. The van der Waals surface area contributed by atoms with Gasteiger partial charge in [0.05, 0.1) is 12.5 Å². The summed E-state index contributed by atoms with van der Waals surface area (Å²) in [6, 6.07) is 0. The molecule has 0 aromatic carbocycles. The van der Waals surface area contributed by atoms with Crippen molar-refractivity contribution >= 4 is 17.8 Å². The monoisotopic (exact) mass is 324 g/mol. The highest BCUT2D eigenvalue weighted by Crippen LogP contribution is 2.30. The molecular weight excluding hydrogens is 309 g/mol. The number of nitrogens with one attached hydrogen (secondary N) is 2. The smallest absolute Gasteiger partial charge is 0.416 e. The van der Waals surface area contributed by atoms with Gasteiger partial charge in [0.2, 0.25) is 5.91 Å². The Bertz CT molecular complexity index is 470. The largest absolute Gasteiger partial charge is 0.491 e. The van der Waals surface area contributed by atoms with Crippen LogP contribution in [-0.2, 0) is 23.9 Å². The highest BCUT2D eigenvalue weighted by atomic mass is 19.4. The Balaban J connectivity index is 2.08. The molecule has 0 aromatic rings. The molecule has 0 bridgehead atoms. The maximum atomic E-state index is 12.4. The number of carbonyl (C=O) groups is 3. The zero-order valence-corrected chi connectivity index (χ0v) is 11.5. The molecule has 0 radical (unpaired) electrons. The Morgan fingerprint density at radius 3 is 2.36 bits per heavy atom. The Kier molecular flexibility index (Phi) is 4.71. The normalized spacial score (nSPS) is 26.0. The number of rotatable bonds is 3. The van der Waals surface area contributed by atoms with Crippen molar-refractivity contribution in [3.8, 4) is 0 Å². The van der Waals surface area contributed by atoms with Crippen LogP contribution in [0.3, 0.4) is 0 Å². The average molecular weight is 324 g/mol. The lowest BCUT2D eigenvalue weighted by Crippen LogP contribution is -2.59. The van der Waals surface area contributed by atoms with Crippen molar-refractivity contribution in [3.63, 3.8) is 0 Å². The lowest BCUT2D eigenvalue weighted by molar-refractivity contribution is -0.264. The van der Waals surface area contributed by atoms with Gasteiger partial charge in [0.1, 0.15) is 0 Å². The van der Waals surface area contributed by atoms with Gasteiger partial charge in [-0.15, -0.1) is 0 Å². The first-order valence-corrected chi connectivity index (χ1v) is 6.75. The summed E-state index contributed by atoms with van der Waals surface area (Å²) < 4.78 is 46.3. The van der Waals surface area contributed by atoms with Gasteiger partial charge in [0.15, 0.2) is 0 Å². The van der Waals surface area contributed by atoms with E-state index in [0.29, 0.717) is 25.9 Å². The lowest BCUT2D eigenvalue weighted by atomic mass is 10.0. The SMILES string of the molecule is O=C(NC(=O)C1(OC(=O)C(F)(F)F)CCCCO1)C1CNC1. The summed E-state index contributed by atoms with van der Waals surface area (Å²) in [5.41, 5.74) is 0. The van der Waals surface area contributed by atoms with Crippen molar-refractivity contribution in [2.45, 2.75) is 31.2 Å². The zero-order chi connectivity index (χ0) is 16.4. The van der Waals surface area contributed by atoms with E-state index in [4.69, 9.17) is 4.74 Å². The number of hydrogen-bond acceptors (Lipinski definition) is 6. The van der Waals surface area contributed by atoms with E-state index in [0.717, 1.165) is 0 Å². The minimum atomic E-state index is -5.25. The predicted octanol–water partition coefficient (Wildman–Crippen LogP) is -0.149. The molecule has 7 nitrogen and oxygen atoms in total. The Labute approximate surface area is 123 Å². The van der Waals surface area contributed by atoms with Crippen LogP contribution in [0.5, 0.6) is 0 Å². The molecule has 2 aliphatic rings. The van der Waals surface area contributed by atoms with Gasteiger partial charge in [-0.3, -0.25) is 14.9 Å². The number of hydrogen-bond donors (Lipinski definition) is 2. The number of ether oxygens (including phenoxy) is 2. The van der Waals surface area contributed by atoms with E-state index in [1.165, 1.54) is 0 Å². The van der Waals surface area contributed by atoms with E-state index in [9.17, 15) is 27.6 Å². The van der Waals surface area contributed by atoms with Crippen molar-refractivity contribution in [2.75, 3.05) is 19.7 Å². The van der Waals surface area contributed by atoms with Gasteiger partial charge in [0, 0.05) is 19.5 Å². The van der Waals surface area contributed by atoms with Crippen molar-refractivity contribution in [1.29, 1.82) is 0 Å². The zero-order valence-electron chi connectivity index (χ0n) is 11.5. The van der Waals surface area contributed by atoms with Crippen LogP contribution in [0.1, 0.15) is 19.3 Å². The fourth-order valence-electron chi connectivity index (χ4n) is 2.07. The molecule has 0 saturated carbocycles. The number of esters is 1. The standard InChI is InChI=1S/C12H15F3N2O5/c13-12(14,15)10(20)22-11(3-1-2-4-21-11)9(19)17-8(18)7-5-16-6-7/h7,16H,1-6H2,(H,17,18,19). The number of imide groups is 1. The molecular formula is C12H15F3N2O5. The molecule has 0 aliphatic carbocycles. The molecule has 2 heterocycles. The van der Waals surface area contributed by atoms with Gasteiger partial charge >= 0.3 is 12.1 Å². The van der Waals surface area contributed by atoms with Crippen LogP contribution in [-0.4, -0.2) is 49.4 Å². The minimum absolute atomic E-state index is 0.0439. The van der Waals surface area contributed by atoms with E-state index in [1.807, 2.05) is 5.32 Å². The lowest BCUT2D eigenvalue weighted by Gasteiger charge is -2.35. The van der Waals surface area contributed by atoms with Crippen molar-refractivity contribution < 1.29 is 37.0 Å². The fraction of sp³-hybridized carbons (Fsp3) is 0.750. The summed E-state index contributed by atoms with van der Waals surface area (Å²) >= 11 is 0. The molecule has 1 atom stereocenters. The highest BCUT2D eigenvalue weighted by Gasteiger charge is 2.52. The minimum Gasteiger partial charge on any atom is -0.416 e. The first-order chi connectivity index (χ1) is 10.2. The molecule has 2 fully saturated rings. The number of halogens is 3. The average Bonchev–Trinajstić information content (AvgIpc) is 2.36. The van der Waals surface area contributed by atoms with Gasteiger partial charge in [-0.1, -0.05) is 0 Å². The van der Waals surface area contributed by atoms with Gasteiger partial charge in [-0.25, -0.2) is 4.79 Å². The molecule has 2 N–H and O–H groups in total. The summed E-state index contributed by atoms with van der Waals surface area (Å²) in [5.74, 6) is -7.19. The van der Waals surface area contributed by atoms with Crippen molar-refractivity contribution in [2.24, 2.45) is 5.92 Å². The first kappa shape index (κ1) is 16.7. The van der Waals surface area contributed by atoms with E-state index >= 15 is 0 Å². The third-order valence-corrected chi connectivity index (χ3v) is 3.46. The van der Waals surface area contributed by atoms with Gasteiger partial charge in [-0.05, 0) is 12.8 Å². The van der Waals surface area contributed by atoms with Crippen LogP contribution in [0.4, 0.5) is 13.2 Å². The molecule has 2 aliphatic heterocycles. The van der Waals surface area contributed by atoms with Gasteiger partial charge in [0.25, 0.3) is 11.7 Å². The van der Waals surface area contributed by atoms with Crippen LogP contribution in [0, 0.1) is 5.92 Å². The number of amides is 2. The van der Waals surface area contributed by atoms with Gasteiger partial charge in [-0.2, -0.15) is 13.2 Å². The molecule has 124 valence electrons. The van der Waals surface area contributed by atoms with Crippen LogP contribution < -0.4 is 10.6 Å². The maximum absolute atomic E-state index is 12.4. The Morgan fingerprint density at radius 1 is 1.23 bits per heavy atom. The summed E-state index contributed by atoms with van der Waals surface area (Å²) in [6.07, 6.45) is -4.65. The van der Waals surface area contributed by atoms with Crippen LogP contribution in [0.25, 0.3) is 0 Å². The highest BCUT2D eigenvalue weighted by molar-refractivity contribution is 6.01. The Hall–Kier alpha value is -1.68. The second-order valence-electron chi connectivity index (χ2n) is 5.12. The Morgan fingerprint density at radius 2 is 1.91 bits per heavy atom.